The average molecular weight is 404 g/mol. The first-order valence-electron chi connectivity index (χ1n) is 9.32. The van der Waals surface area contributed by atoms with Crippen LogP contribution in [-0.4, -0.2) is 18.5 Å². The molecule has 0 spiro atoms. The second-order valence-corrected chi connectivity index (χ2v) is 7.77. The Hall–Kier alpha value is -2.40. The molecule has 1 amide bonds. The Labute approximate surface area is 169 Å². The molecular formula is C22H23ClFNO3. The van der Waals surface area contributed by atoms with Crippen LogP contribution < -0.4 is 5.32 Å². The number of nitrogens with one attached hydrogen (secondary N) is 1. The first-order chi connectivity index (χ1) is 13.3. The summed E-state index contributed by atoms with van der Waals surface area (Å²) >= 11 is 6.21. The maximum absolute atomic E-state index is 13.3. The molecule has 2 aromatic carbocycles. The molecule has 0 aromatic heterocycles. The number of carbonyl (C=O) groups excluding carboxylic acids is 2. The molecule has 0 atom stereocenters. The van der Waals surface area contributed by atoms with Crippen LogP contribution in [0, 0.1) is 19.7 Å². The van der Waals surface area contributed by atoms with Crippen molar-refractivity contribution in [2.45, 2.75) is 44.9 Å². The van der Waals surface area contributed by atoms with Crippen molar-refractivity contribution in [3.63, 3.8) is 0 Å². The van der Waals surface area contributed by atoms with Gasteiger partial charge in [-0.15, -0.1) is 0 Å². The van der Waals surface area contributed by atoms with E-state index in [9.17, 15) is 14.0 Å². The fraction of sp³-hybridized carbons (Fsp3) is 0.364. The zero-order valence-corrected chi connectivity index (χ0v) is 16.7. The Morgan fingerprint density at radius 1 is 1.14 bits per heavy atom. The summed E-state index contributed by atoms with van der Waals surface area (Å²) in [5, 5.41) is 3.15. The lowest BCUT2D eigenvalue weighted by atomic mass is 9.79. The van der Waals surface area contributed by atoms with E-state index in [1.165, 1.54) is 12.1 Å². The van der Waals surface area contributed by atoms with Crippen molar-refractivity contribution in [3.8, 4) is 0 Å². The van der Waals surface area contributed by atoms with E-state index in [1.54, 1.807) is 18.2 Å². The third kappa shape index (κ3) is 4.20. The van der Waals surface area contributed by atoms with Crippen molar-refractivity contribution in [2.24, 2.45) is 0 Å². The van der Waals surface area contributed by atoms with E-state index in [0.29, 0.717) is 23.6 Å². The highest BCUT2D eigenvalue weighted by atomic mass is 35.5. The number of esters is 1. The predicted octanol–water partition coefficient (Wildman–Crippen LogP) is 5.09. The first kappa shape index (κ1) is 20.3. The molecule has 2 aromatic rings. The van der Waals surface area contributed by atoms with Crippen molar-refractivity contribution in [2.75, 3.05) is 11.9 Å². The lowest BCUT2D eigenvalue weighted by Gasteiger charge is -2.27. The summed E-state index contributed by atoms with van der Waals surface area (Å²) in [6.07, 6.45) is 3.03. The molecule has 0 radical (unpaired) electrons. The van der Waals surface area contributed by atoms with Crippen molar-refractivity contribution in [1.82, 2.24) is 0 Å². The second kappa shape index (κ2) is 8.31. The average Bonchev–Trinajstić information content (AvgIpc) is 3.14. The number of anilines is 1. The molecule has 148 valence electrons. The quantitative estimate of drug-likeness (QED) is 0.707. The first-order valence-corrected chi connectivity index (χ1v) is 9.69. The number of carbonyl (C=O) groups is 2. The van der Waals surface area contributed by atoms with E-state index in [1.807, 2.05) is 19.9 Å². The van der Waals surface area contributed by atoms with E-state index in [4.69, 9.17) is 16.3 Å². The number of benzene rings is 2. The van der Waals surface area contributed by atoms with Crippen molar-refractivity contribution in [3.05, 3.63) is 63.9 Å². The van der Waals surface area contributed by atoms with Crippen LogP contribution in [0.5, 0.6) is 0 Å². The number of hydrogen-bond donors (Lipinski definition) is 1. The maximum Gasteiger partial charge on any atom is 0.317 e. The highest BCUT2D eigenvalue weighted by molar-refractivity contribution is 6.34. The number of aryl methyl sites for hydroxylation is 2. The SMILES string of the molecule is Cc1cc(C)c(NC(=O)COC(=O)C2(c3ccc(F)cc3)CCCC2)c(Cl)c1. The van der Waals surface area contributed by atoms with Gasteiger partial charge in [-0.1, -0.05) is 42.6 Å². The van der Waals surface area contributed by atoms with Crippen molar-refractivity contribution >= 4 is 29.2 Å². The van der Waals surface area contributed by atoms with Crippen LogP contribution >= 0.6 is 11.6 Å². The molecule has 0 bridgehead atoms. The summed E-state index contributed by atoms with van der Waals surface area (Å²) in [7, 11) is 0. The van der Waals surface area contributed by atoms with E-state index < -0.39 is 23.9 Å². The van der Waals surface area contributed by atoms with Crippen LogP contribution in [0.2, 0.25) is 5.02 Å². The van der Waals surface area contributed by atoms with Gasteiger partial charge in [-0.25, -0.2) is 4.39 Å². The Balaban J connectivity index is 1.68. The summed E-state index contributed by atoms with van der Waals surface area (Å²) in [5.74, 6) is -1.25. The van der Waals surface area contributed by atoms with Crippen LogP contribution in [0.3, 0.4) is 0 Å². The molecule has 1 fully saturated rings. The zero-order chi connectivity index (χ0) is 20.3. The summed E-state index contributed by atoms with van der Waals surface area (Å²) in [4.78, 5) is 25.2. The van der Waals surface area contributed by atoms with Crippen LogP contribution in [0.25, 0.3) is 0 Å². The summed E-state index contributed by atoms with van der Waals surface area (Å²) in [5.41, 5.74) is 2.26. The number of ether oxygens (including phenoxy) is 1. The molecule has 3 rings (SSSR count). The Morgan fingerprint density at radius 3 is 2.39 bits per heavy atom. The highest BCUT2D eigenvalue weighted by Crippen LogP contribution is 2.42. The van der Waals surface area contributed by atoms with Gasteiger partial charge in [-0.3, -0.25) is 9.59 Å². The lowest BCUT2D eigenvalue weighted by molar-refractivity contribution is -0.153. The van der Waals surface area contributed by atoms with Gasteiger partial charge in [-0.2, -0.15) is 0 Å². The third-order valence-electron chi connectivity index (χ3n) is 5.28. The van der Waals surface area contributed by atoms with Gasteiger partial charge in [0.25, 0.3) is 5.91 Å². The van der Waals surface area contributed by atoms with Crippen molar-refractivity contribution in [1.29, 1.82) is 0 Å². The van der Waals surface area contributed by atoms with Gasteiger partial charge in [0.2, 0.25) is 0 Å². The van der Waals surface area contributed by atoms with E-state index in [0.717, 1.165) is 29.5 Å². The number of hydrogen-bond acceptors (Lipinski definition) is 3. The summed E-state index contributed by atoms with van der Waals surface area (Å²) in [6.45, 7) is 3.37. The summed E-state index contributed by atoms with van der Waals surface area (Å²) < 4.78 is 18.6. The molecule has 1 saturated carbocycles. The molecular weight excluding hydrogens is 381 g/mol. The van der Waals surface area contributed by atoms with E-state index in [-0.39, 0.29) is 5.82 Å². The molecule has 6 heteroatoms. The standard InChI is InChI=1S/C22H23ClFNO3/c1-14-11-15(2)20(18(23)12-14)25-19(26)13-28-21(27)22(9-3-4-10-22)16-5-7-17(24)8-6-16/h5-8,11-12H,3-4,9-10,13H2,1-2H3,(H,25,26). The molecule has 0 unspecified atom stereocenters. The van der Waals surface area contributed by atoms with Gasteiger partial charge >= 0.3 is 5.97 Å². The van der Waals surface area contributed by atoms with Gasteiger partial charge in [0.1, 0.15) is 5.82 Å². The molecule has 1 aliphatic rings. The summed E-state index contributed by atoms with van der Waals surface area (Å²) in [6, 6.07) is 9.61. The largest absolute Gasteiger partial charge is 0.455 e. The second-order valence-electron chi connectivity index (χ2n) is 7.36. The maximum atomic E-state index is 13.3. The molecule has 4 nitrogen and oxygen atoms in total. The number of amides is 1. The smallest absolute Gasteiger partial charge is 0.317 e. The van der Waals surface area contributed by atoms with Crippen LogP contribution in [0.1, 0.15) is 42.4 Å². The van der Waals surface area contributed by atoms with Gasteiger partial charge in [0, 0.05) is 0 Å². The van der Waals surface area contributed by atoms with Gasteiger partial charge in [0.05, 0.1) is 16.1 Å². The van der Waals surface area contributed by atoms with Crippen LogP contribution in [-0.2, 0) is 19.7 Å². The third-order valence-corrected chi connectivity index (χ3v) is 5.57. The minimum Gasteiger partial charge on any atom is -0.455 e. The highest BCUT2D eigenvalue weighted by Gasteiger charge is 2.44. The van der Waals surface area contributed by atoms with Crippen LogP contribution in [0.15, 0.2) is 36.4 Å². The minimum atomic E-state index is -0.814. The fourth-order valence-electron chi connectivity index (χ4n) is 3.88. The Bertz CT molecular complexity index is 866. The molecule has 0 aliphatic heterocycles. The molecule has 1 aliphatic carbocycles. The van der Waals surface area contributed by atoms with Gasteiger partial charge in [-0.05, 0) is 61.6 Å². The minimum absolute atomic E-state index is 0.352. The monoisotopic (exact) mass is 403 g/mol. The Morgan fingerprint density at radius 2 is 1.79 bits per heavy atom. The Kier molecular flexibility index (Phi) is 6.04. The van der Waals surface area contributed by atoms with Gasteiger partial charge in [0.15, 0.2) is 6.61 Å². The number of rotatable bonds is 5. The molecule has 0 saturated heterocycles. The molecule has 0 heterocycles. The topological polar surface area (TPSA) is 55.4 Å². The molecule has 28 heavy (non-hydrogen) atoms. The van der Waals surface area contributed by atoms with Gasteiger partial charge < -0.3 is 10.1 Å². The lowest BCUT2D eigenvalue weighted by Crippen LogP contribution is -2.36. The molecule has 1 N–H and O–H groups in total. The van der Waals surface area contributed by atoms with E-state index in [2.05, 4.69) is 5.32 Å². The fourth-order valence-corrected chi connectivity index (χ4v) is 4.25. The number of halogens is 2. The predicted molar refractivity (Wildman–Crippen MR) is 107 cm³/mol. The van der Waals surface area contributed by atoms with E-state index >= 15 is 0 Å². The zero-order valence-electron chi connectivity index (χ0n) is 16.0. The van der Waals surface area contributed by atoms with Crippen molar-refractivity contribution < 1.29 is 18.7 Å². The normalized spacial score (nSPS) is 15.3. The van der Waals surface area contributed by atoms with Crippen LogP contribution in [0.4, 0.5) is 10.1 Å².